The summed E-state index contributed by atoms with van der Waals surface area (Å²) in [4.78, 5) is 16.4. The number of carbonyl (C=O) groups excluding carboxylic acids is 1. The maximum atomic E-state index is 12.7. The maximum Gasteiger partial charge on any atom is 0.237 e. The van der Waals surface area contributed by atoms with Gasteiger partial charge in [0.1, 0.15) is 0 Å². The third-order valence-corrected chi connectivity index (χ3v) is 6.06. The van der Waals surface area contributed by atoms with Gasteiger partial charge in [0, 0.05) is 25.7 Å². The first kappa shape index (κ1) is 18.7. The smallest absolute Gasteiger partial charge is 0.237 e. The number of hydrogen-bond acceptors (Lipinski definition) is 4. The summed E-state index contributed by atoms with van der Waals surface area (Å²) in [5.74, 6) is 0.256. The van der Waals surface area contributed by atoms with Gasteiger partial charge < -0.3 is 4.90 Å². The average Bonchev–Trinajstić information content (AvgIpc) is 2.89. The van der Waals surface area contributed by atoms with Crippen LogP contribution in [0.4, 0.5) is 0 Å². The number of amides is 1. The predicted molar refractivity (Wildman–Crippen MR) is 96.4 cm³/mol. The first-order valence-electron chi connectivity index (χ1n) is 8.32. The number of carbonyl (C=O) groups is 1. The highest BCUT2D eigenvalue weighted by Gasteiger charge is 2.34. The Labute approximate surface area is 144 Å². The van der Waals surface area contributed by atoms with Gasteiger partial charge in [-0.3, -0.25) is 9.69 Å². The van der Waals surface area contributed by atoms with Crippen LogP contribution in [0.15, 0.2) is 43.0 Å². The van der Waals surface area contributed by atoms with Crippen LogP contribution in [0.25, 0.3) is 0 Å². The molecule has 0 radical (unpaired) electrons. The first-order valence-corrected chi connectivity index (χ1v) is 10.1. The number of hydrogen-bond donors (Lipinski definition) is 0. The molecule has 1 aliphatic heterocycles. The number of nitrogens with zero attached hydrogens (tertiary/aromatic N) is 2. The van der Waals surface area contributed by atoms with Gasteiger partial charge in [-0.2, -0.15) is 0 Å². The van der Waals surface area contributed by atoms with E-state index in [2.05, 4.69) is 6.58 Å². The molecule has 1 fully saturated rings. The maximum absolute atomic E-state index is 12.7. The SMILES string of the molecule is C=CCN(CC(=O)N(CC)C1CCS(=O)(=O)C1)Cc1ccccc1. The zero-order chi connectivity index (χ0) is 17.6. The average molecular weight is 350 g/mol. The lowest BCUT2D eigenvalue weighted by atomic mass is 10.2. The van der Waals surface area contributed by atoms with E-state index in [1.54, 1.807) is 11.0 Å². The first-order chi connectivity index (χ1) is 11.4. The summed E-state index contributed by atoms with van der Waals surface area (Å²) in [6.07, 6.45) is 2.33. The molecule has 1 heterocycles. The Hall–Kier alpha value is -1.66. The molecule has 0 saturated carbocycles. The fourth-order valence-electron chi connectivity index (χ4n) is 3.15. The highest BCUT2D eigenvalue weighted by Crippen LogP contribution is 2.18. The van der Waals surface area contributed by atoms with Gasteiger partial charge in [-0.15, -0.1) is 6.58 Å². The zero-order valence-corrected chi connectivity index (χ0v) is 15.0. The summed E-state index contributed by atoms with van der Waals surface area (Å²) in [6, 6.07) is 9.79. The quantitative estimate of drug-likeness (QED) is 0.670. The Morgan fingerprint density at radius 2 is 2.04 bits per heavy atom. The molecule has 1 aromatic rings. The van der Waals surface area contributed by atoms with E-state index in [4.69, 9.17) is 0 Å². The van der Waals surface area contributed by atoms with Gasteiger partial charge in [-0.05, 0) is 18.9 Å². The Bertz CT molecular complexity index is 658. The van der Waals surface area contributed by atoms with Crippen LogP contribution in [0.5, 0.6) is 0 Å². The van der Waals surface area contributed by atoms with Crippen LogP contribution < -0.4 is 0 Å². The lowest BCUT2D eigenvalue weighted by Gasteiger charge is -2.30. The van der Waals surface area contributed by atoms with E-state index in [-0.39, 0.29) is 30.0 Å². The fraction of sp³-hybridized carbons (Fsp3) is 0.500. The summed E-state index contributed by atoms with van der Waals surface area (Å²) in [6.45, 7) is 7.75. The van der Waals surface area contributed by atoms with Gasteiger partial charge in [0.25, 0.3) is 0 Å². The molecule has 1 atom stereocenters. The number of likely N-dealkylation sites (N-methyl/N-ethyl adjacent to an activating group) is 1. The molecular weight excluding hydrogens is 324 g/mol. The van der Waals surface area contributed by atoms with Gasteiger partial charge in [0.2, 0.25) is 5.91 Å². The zero-order valence-electron chi connectivity index (χ0n) is 14.2. The summed E-state index contributed by atoms with van der Waals surface area (Å²) >= 11 is 0. The molecular formula is C18H26N2O3S. The monoisotopic (exact) mass is 350 g/mol. The second kappa shape index (κ2) is 8.44. The van der Waals surface area contributed by atoms with Crippen LogP contribution in [-0.2, 0) is 21.2 Å². The van der Waals surface area contributed by atoms with Crippen molar-refractivity contribution >= 4 is 15.7 Å². The van der Waals surface area contributed by atoms with Crippen molar-refractivity contribution in [3.63, 3.8) is 0 Å². The van der Waals surface area contributed by atoms with Crippen molar-refractivity contribution in [1.82, 2.24) is 9.80 Å². The molecule has 1 aromatic carbocycles. The molecule has 24 heavy (non-hydrogen) atoms. The molecule has 2 rings (SSSR count). The molecule has 0 aliphatic carbocycles. The minimum atomic E-state index is -2.99. The largest absolute Gasteiger partial charge is 0.338 e. The van der Waals surface area contributed by atoms with Crippen molar-refractivity contribution in [3.8, 4) is 0 Å². The normalized spacial score (nSPS) is 19.3. The minimum Gasteiger partial charge on any atom is -0.338 e. The van der Waals surface area contributed by atoms with Crippen molar-refractivity contribution < 1.29 is 13.2 Å². The van der Waals surface area contributed by atoms with Crippen LogP contribution in [0.2, 0.25) is 0 Å². The lowest BCUT2D eigenvalue weighted by molar-refractivity contribution is -0.134. The van der Waals surface area contributed by atoms with Crippen molar-refractivity contribution in [1.29, 1.82) is 0 Å². The second-order valence-corrected chi connectivity index (χ2v) is 8.41. The van der Waals surface area contributed by atoms with Crippen LogP contribution in [0, 0.1) is 0 Å². The number of benzene rings is 1. The molecule has 0 aromatic heterocycles. The van der Waals surface area contributed by atoms with E-state index >= 15 is 0 Å². The summed E-state index contributed by atoms with van der Waals surface area (Å²) < 4.78 is 23.4. The van der Waals surface area contributed by atoms with Crippen molar-refractivity contribution in [3.05, 3.63) is 48.6 Å². The van der Waals surface area contributed by atoms with Crippen LogP contribution in [0.1, 0.15) is 18.9 Å². The van der Waals surface area contributed by atoms with Crippen molar-refractivity contribution in [2.75, 3.05) is 31.1 Å². The minimum absolute atomic E-state index is 0.0163. The second-order valence-electron chi connectivity index (χ2n) is 6.18. The molecule has 1 aliphatic rings. The Balaban J connectivity index is 2.01. The molecule has 0 spiro atoms. The molecule has 0 N–H and O–H groups in total. The van der Waals surface area contributed by atoms with Crippen LogP contribution in [0.3, 0.4) is 0 Å². The third-order valence-electron chi connectivity index (χ3n) is 4.31. The predicted octanol–water partition coefficient (Wildman–Crippen LogP) is 1.71. The summed E-state index contributed by atoms with van der Waals surface area (Å²) in [5, 5.41) is 0. The molecule has 1 unspecified atom stereocenters. The van der Waals surface area contributed by atoms with E-state index in [0.29, 0.717) is 26.1 Å². The Kier molecular flexibility index (Phi) is 6.57. The fourth-order valence-corrected chi connectivity index (χ4v) is 4.88. The molecule has 6 heteroatoms. The topological polar surface area (TPSA) is 57.7 Å². The number of rotatable bonds is 8. The highest BCUT2D eigenvalue weighted by molar-refractivity contribution is 7.91. The van der Waals surface area contributed by atoms with E-state index in [1.165, 1.54) is 0 Å². The number of sulfone groups is 1. The van der Waals surface area contributed by atoms with E-state index in [9.17, 15) is 13.2 Å². The highest BCUT2D eigenvalue weighted by atomic mass is 32.2. The molecule has 5 nitrogen and oxygen atoms in total. The summed E-state index contributed by atoms with van der Waals surface area (Å²) in [5.41, 5.74) is 1.14. The van der Waals surface area contributed by atoms with E-state index in [1.807, 2.05) is 42.2 Å². The van der Waals surface area contributed by atoms with E-state index in [0.717, 1.165) is 5.56 Å². The van der Waals surface area contributed by atoms with Crippen LogP contribution in [-0.4, -0.2) is 61.3 Å². The van der Waals surface area contributed by atoms with Gasteiger partial charge in [0.05, 0.1) is 18.1 Å². The lowest BCUT2D eigenvalue weighted by Crippen LogP contribution is -2.46. The molecule has 132 valence electrons. The van der Waals surface area contributed by atoms with Crippen LogP contribution >= 0.6 is 0 Å². The molecule has 1 amide bonds. The third kappa shape index (κ3) is 5.18. The Morgan fingerprint density at radius 3 is 2.58 bits per heavy atom. The van der Waals surface area contributed by atoms with Gasteiger partial charge >= 0.3 is 0 Å². The van der Waals surface area contributed by atoms with Crippen molar-refractivity contribution in [2.45, 2.75) is 25.9 Å². The summed E-state index contributed by atoms with van der Waals surface area (Å²) in [7, 11) is -2.99. The van der Waals surface area contributed by atoms with Gasteiger partial charge in [-0.1, -0.05) is 36.4 Å². The van der Waals surface area contributed by atoms with Gasteiger partial charge in [0.15, 0.2) is 9.84 Å². The Morgan fingerprint density at radius 1 is 1.33 bits per heavy atom. The van der Waals surface area contributed by atoms with E-state index < -0.39 is 9.84 Å². The molecule has 0 bridgehead atoms. The van der Waals surface area contributed by atoms with Gasteiger partial charge in [-0.25, -0.2) is 8.42 Å². The molecule has 1 saturated heterocycles. The van der Waals surface area contributed by atoms with Crippen molar-refractivity contribution in [2.24, 2.45) is 0 Å². The standard InChI is InChI=1S/C18H26N2O3S/c1-3-11-19(13-16-8-6-5-7-9-16)14-18(21)20(4-2)17-10-12-24(22,23)15-17/h3,5-9,17H,1,4,10-15H2,2H3.